The van der Waals surface area contributed by atoms with Gasteiger partial charge >= 0.3 is 7.05 Å². The molecule has 0 saturated carbocycles. The Bertz CT molecular complexity index is 265. The Morgan fingerprint density at radius 2 is 1.75 bits per heavy atom. The monoisotopic (exact) mass is 225 g/mol. The number of hydrogen-bond donors (Lipinski definition) is 1. The molecule has 1 fully saturated rings. The molecule has 1 aliphatic heterocycles. The lowest BCUT2D eigenvalue weighted by atomic mass is 9.68. The molecular weight excluding hydrogens is 201 g/mol. The molecule has 1 heterocycles. The van der Waals surface area contributed by atoms with Gasteiger partial charge in [0.2, 0.25) is 5.91 Å². The van der Waals surface area contributed by atoms with Gasteiger partial charge in [-0.2, -0.15) is 0 Å². The Hall–Kier alpha value is -0.505. The van der Waals surface area contributed by atoms with E-state index in [9.17, 15) is 4.79 Å². The summed E-state index contributed by atoms with van der Waals surface area (Å²) in [7, 11) is -0.111. The molecule has 3 nitrogen and oxygen atoms in total. The highest BCUT2D eigenvalue weighted by Gasteiger charge is 2.40. The van der Waals surface area contributed by atoms with Crippen molar-refractivity contribution in [3.8, 4) is 0 Å². The SMILES string of the molecule is CC(C)(C)CB1NC(=O)C(CC(C)(C)C)O1. The lowest BCUT2D eigenvalue weighted by Gasteiger charge is -2.22. The Morgan fingerprint density at radius 1 is 1.19 bits per heavy atom. The fourth-order valence-electron chi connectivity index (χ4n) is 1.90. The van der Waals surface area contributed by atoms with Crippen molar-refractivity contribution in [2.45, 2.75) is 60.4 Å². The summed E-state index contributed by atoms with van der Waals surface area (Å²) in [6.45, 7) is 12.8. The van der Waals surface area contributed by atoms with Crippen LogP contribution in [0.25, 0.3) is 0 Å². The van der Waals surface area contributed by atoms with E-state index in [1.54, 1.807) is 0 Å². The predicted octanol–water partition coefficient (Wildman–Crippen LogP) is 2.47. The van der Waals surface area contributed by atoms with Crippen LogP contribution in [0.1, 0.15) is 48.0 Å². The van der Waals surface area contributed by atoms with Gasteiger partial charge in [0, 0.05) is 0 Å². The molecule has 0 bridgehead atoms. The third-order valence-electron chi connectivity index (χ3n) is 2.52. The number of hydrogen-bond acceptors (Lipinski definition) is 2. The second-order valence-electron chi connectivity index (χ2n) is 7.15. The molecule has 1 saturated heterocycles. The summed E-state index contributed by atoms with van der Waals surface area (Å²) >= 11 is 0. The van der Waals surface area contributed by atoms with Crippen molar-refractivity contribution < 1.29 is 9.45 Å². The normalized spacial score (nSPS) is 22.5. The summed E-state index contributed by atoms with van der Waals surface area (Å²) in [5, 5.41) is 2.92. The van der Waals surface area contributed by atoms with Crippen LogP contribution in [0.5, 0.6) is 0 Å². The third-order valence-corrected chi connectivity index (χ3v) is 2.52. The van der Waals surface area contributed by atoms with E-state index in [4.69, 9.17) is 4.65 Å². The van der Waals surface area contributed by atoms with E-state index in [1.807, 2.05) is 0 Å². The molecule has 16 heavy (non-hydrogen) atoms. The van der Waals surface area contributed by atoms with Gasteiger partial charge in [0.1, 0.15) is 6.10 Å². The minimum absolute atomic E-state index is 0.0455. The minimum Gasteiger partial charge on any atom is -0.405 e. The molecule has 4 heteroatoms. The quantitative estimate of drug-likeness (QED) is 0.733. The summed E-state index contributed by atoms with van der Waals surface area (Å²) in [5.41, 5.74) is 0.299. The standard InChI is InChI=1S/C12H24BNO2/c1-11(2,3)7-9-10(15)14-13(16-9)8-12(4,5)6/h9H,7-8H2,1-6H3,(H,14,15). The van der Waals surface area contributed by atoms with E-state index in [1.165, 1.54) is 0 Å². The van der Waals surface area contributed by atoms with Gasteiger partial charge in [-0.15, -0.1) is 0 Å². The average Bonchev–Trinajstić information content (AvgIpc) is 2.23. The average molecular weight is 225 g/mol. The fraction of sp³-hybridized carbons (Fsp3) is 0.917. The molecule has 1 N–H and O–H groups in total. The first-order chi connectivity index (χ1) is 7.07. The highest BCUT2D eigenvalue weighted by atomic mass is 16.5. The van der Waals surface area contributed by atoms with Gasteiger partial charge < -0.3 is 9.88 Å². The van der Waals surface area contributed by atoms with Crippen molar-refractivity contribution >= 4 is 13.0 Å². The Morgan fingerprint density at radius 3 is 2.19 bits per heavy atom. The molecule has 0 spiro atoms. The fourth-order valence-corrected chi connectivity index (χ4v) is 1.90. The molecule has 0 aromatic heterocycles. The Kier molecular flexibility index (Phi) is 3.73. The second kappa shape index (κ2) is 4.40. The molecule has 92 valence electrons. The van der Waals surface area contributed by atoms with Gasteiger partial charge in [-0.25, -0.2) is 0 Å². The van der Waals surface area contributed by atoms with Crippen LogP contribution in [-0.4, -0.2) is 19.1 Å². The van der Waals surface area contributed by atoms with Gasteiger partial charge in [0.05, 0.1) is 0 Å². The molecule has 0 aliphatic carbocycles. The zero-order valence-corrected chi connectivity index (χ0v) is 11.4. The van der Waals surface area contributed by atoms with Crippen molar-refractivity contribution in [2.24, 2.45) is 10.8 Å². The van der Waals surface area contributed by atoms with E-state index in [0.29, 0.717) is 0 Å². The van der Waals surface area contributed by atoms with E-state index >= 15 is 0 Å². The molecule has 1 aliphatic rings. The zero-order chi connectivity index (χ0) is 12.6. The van der Waals surface area contributed by atoms with E-state index in [0.717, 1.165) is 12.7 Å². The number of rotatable bonds is 2. The van der Waals surface area contributed by atoms with Crippen LogP contribution < -0.4 is 5.23 Å². The lowest BCUT2D eigenvalue weighted by Crippen LogP contribution is -2.34. The van der Waals surface area contributed by atoms with Crippen LogP contribution in [0.4, 0.5) is 0 Å². The maximum atomic E-state index is 11.7. The smallest absolute Gasteiger partial charge is 0.405 e. The number of amides is 1. The van der Waals surface area contributed by atoms with Crippen LogP contribution in [0, 0.1) is 10.8 Å². The van der Waals surface area contributed by atoms with E-state index < -0.39 is 0 Å². The highest BCUT2D eigenvalue weighted by Crippen LogP contribution is 2.28. The van der Waals surface area contributed by atoms with Gasteiger partial charge in [0.15, 0.2) is 0 Å². The molecule has 0 aromatic rings. The van der Waals surface area contributed by atoms with Gasteiger partial charge in [-0.1, -0.05) is 41.5 Å². The first-order valence-corrected chi connectivity index (χ1v) is 6.03. The van der Waals surface area contributed by atoms with E-state index in [2.05, 4.69) is 46.8 Å². The molecule has 0 radical (unpaired) electrons. The number of carbonyl (C=O) groups excluding carboxylic acids is 1. The Labute approximate surface area is 99.5 Å². The highest BCUT2D eigenvalue weighted by molar-refractivity contribution is 6.55. The van der Waals surface area contributed by atoms with Crippen LogP contribution in [-0.2, 0) is 9.45 Å². The van der Waals surface area contributed by atoms with Crippen LogP contribution in [0.2, 0.25) is 6.32 Å². The molecule has 0 aromatic carbocycles. The molecule has 1 unspecified atom stereocenters. The maximum Gasteiger partial charge on any atom is 0.416 e. The number of carbonyl (C=O) groups is 1. The maximum absolute atomic E-state index is 11.7. The van der Waals surface area contributed by atoms with Gasteiger partial charge in [-0.05, 0) is 23.6 Å². The predicted molar refractivity (Wildman–Crippen MR) is 67.1 cm³/mol. The second-order valence-corrected chi connectivity index (χ2v) is 7.15. The summed E-state index contributed by atoms with van der Waals surface area (Å²) in [6, 6.07) is 0. The first-order valence-electron chi connectivity index (χ1n) is 6.03. The summed E-state index contributed by atoms with van der Waals surface area (Å²) in [5.74, 6) is 0.0455. The largest absolute Gasteiger partial charge is 0.416 e. The number of nitrogens with one attached hydrogen (secondary N) is 1. The van der Waals surface area contributed by atoms with Gasteiger partial charge in [0.25, 0.3) is 0 Å². The molecule has 1 atom stereocenters. The summed E-state index contributed by atoms with van der Waals surface area (Å²) in [4.78, 5) is 11.7. The summed E-state index contributed by atoms with van der Waals surface area (Å²) < 4.78 is 5.77. The van der Waals surface area contributed by atoms with Gasteiger partial charge in [-0.3, -0.25) is 4.79 Å². The molecular formula is C12H24BNO2. The summed E-state index contributed by atoms with van der Waals surface area (Å²) in [6.07, 6.45) is 1.37. The Balaban J connectivity index is 2.51. The van der Waals surface area contributed by atoms with Crippen molar-refractivity contribution in [1.82, 2.24) is 5.23 Å². The van der Waals surface area contributed by atoms with Crippen molar-refractivity contribution in [1.29, 1.82) is 0 Å². The van der Waals surface area contributed by atoms with Crippen LogP contribution in [0.3, 0.4) is 0 Å². The van der Waals surface area contributed by atoms with Crippen molar-refractivity contribution in [3.05, 3.63) is 0 Å². The van der Waals surface area contributed by atoms with Crippen LogP contribution >= 0.6 is 0 Å². The minimum atomic E-state index is -0.271. The first kappa shape index (κ1) is 13.6. The lowest BCUT2D eigenvalue weighted by molar-refractivity contribution is -0.124. The van der Waals surface area contributed by atoms with E-state index in [-0.39, 0.29) is 29.9 Å². The molecule has 1 rings (SSSR count). The zero-order valence-electron chi connectivity index (χ0n) is 11.4. The van der Waals surface area contributed by atoms with Crippen molar-refractivity contribution in [2.75, 3.05) is 0 Å². The van der Waals surface area contributed by atoms with Crippen molar-refractivity contribution in [3.63, 3.8) is 0 Å². The van der Waals surface area contributed by atoms with Crippen LogP contribution in [0.15, 0.2) is 0 Å². The topological polar surface area (TPSA) is 38.3 Å². The molecule has 1 amide bonds. The third kappa shape index (κ3) is 4.56.